The zero-order chi connectivity index (χ0) is 15.1. The molecule has 122 valence electrons. The minimum atomic E-state index is -0.533. The summed E-state index contributed by atoms with van der Waals surface area (Å²) in [4.78, 5) is 14.1. The number of ether oxygens (including phenoxy) is 2. The van der Waals surface area contributed by atoms with Gasteiger partial charge in [0.05, 0.1) is 25.9 Å². The molecule has 21 heavy (non-hydrogen) atoms. The Morgan fingerprint density at radius 3 is 2.57 bits per heavy atom. The molecule has 3 unspecified atom stereocenters. The van der Waals surface area contributed by atoms with Crippen molar-refractivity contribution in [3.05, 3.63) is 0 Å². The van der Waals surface area contributed by atoms with E-state index in [0.29, 0.717) is 12.5 Å². The third-order valence-electron chi connectivity index (χ3n) is 4.05. The maximum absolute atomic E-state index is 11.7. The summed E-state index contributed by atoms with van der Waals surface area (Å²) < 4.78 is 10.9. The molecule has 7 heteroatoms. The van der Waals surface area contributed by atoms with E-state index in [1.165, 1.54) is 0 Å². The molecule has 0 spiro atoms. The van der Waals surface area contributed by atoms with Crippen LogP contribution in [0.15, 0.2) is 0 Å². The van der Waals surface area contributed by atoms with Crippen molar-refractivity contribution in [2.45, 2.75) is 25.5 Å². The molecule has 3 atom stereocenters. The van der Waals surface area contributed by atoms with Crippen molar-refractivity contribution in [1.82, 2.24) is 15.5 Å². The fourth-order valence-corrected chi connectivity index (χ4v) is 2.86. The summed E-state index contributed by atoms with van der Waals surface area (Å²) in [5.74, 6) is 0.458. The van der Waals surface area contributed by atoms with Crippen LogP contribution in [0.2, 0.25) is 0 Å². The van der Waals surface area contributed by atoms with Gasteiger partial charge < -0.3 is 25.2 Å². The normalized spacial score (nSPS) is 26.3. The van der Waals surface area contributed by atoms with Gasteiger partial charge in [0.1, 0.15) is 0 Å². The van der Waals surface area contributed by atoms with E-state index in [1.54, 1.807) is 6.92 Å². The zero-order valence-corrected chi connectivity index (χ0v) is 12.7. The van der Waals surface area contributed by atoms with E-state index in [9.17, 15) is 9.90 Å². The molecule has 2 amide bonds. The van der Waals surface area contributed by atoms with Crippen molar-refractivity contribution in [3.63, 3.8) is 0 Å². The number of rotatable bonds is 6. The number of urea groups is 1. The summed E-state index contributed by atoms with van der Waals surface area (Å²) in [5.41, 5.74) is 0. The van der Waals surface area contributed by atoms with Gasteiger partial charge in [-0.3, -0.25) is 4.90 Å². The van der Waals surface area contributed by atoms with Crippen LogP contribution in [-0.4, -0.2) is 80.8 Å². The standard InChI is InChI=1S/C14H27N3O4/c1-11(18)8-15-14(19)16-9-13(12-2-5-21-10-12)17-3-6-20-7-4-17/h11-13,18H,2-10H2,1H3,(H2,15,16,19). The molecule has 2 fully saturated rings. The summed E-state index contributed by atoms with van der Waals surface area (Å²) in [6.07, 6.45) is 0.507. The monoisotopic (exact) mass is 301 g/mol. The average molecular weight is 301 g/mol. The van der Waals surface area contributed by atoms with Crippen LogP contribution in [0, 0.1) is 5.92 Å². The summed E-state index contributed by atoms with van der Waals surface area (Å²) in [6.45, 7) is 7.37. The van der Waals surface area contributed by atoms with Gasteiger partial charge in [0.25, 0.3) is 0 Å². The quantitative estimate of drug-likeness (QED) is 0.610. The molecule has 2 aliphatic heterocycles. The highest BCUT2D eigenvalue weighted by molar-refractivity contribution is 5.73. The fourth-order valence-electron chi connectivity index (χ4n) is 2.86. The van der Waals surface area contributed by atoms with Crippen LogP contribution in [0.1, 0.15) is 13.3 Å². The number of nitrogens with one attached hydrogen (secondary N) is 2. The SMILES string of the molecule is CC(O)CNC(=O)NCC(C1CCOC1)N1CCOCC1. The largest absolute Gasteiger partial charge is 0.392 e. The molecule has 2 aliphatic rings. The van der Waals surface area contributed by atoms with Crippen LogP contribution >= 0.6 is 0 Å². The van der Waals surface area contributed by atoms with Crippen LogP contribution in [0.4, 0.5) is 4.79 Å². The van der Waals surface area contributed by atoms with E-state index in [2.05, 4.69) is 15.5 Å². The lowest BCUT2D eigenvalue weighted by molar-refractivity contribution is 0.00211. The minimum absolute atomic E-state index is 0.229. The first-order valence-corrected chi connectivity index (χ1v) is 7.76. The molecular formula is C14H27N3O4. The van der Waals surface area contributed by atoms with Crippen LogP contribution in [0.3, 0.4) is 0 Å². The first-order valence-electron chi connectivity index (χ1n) is 7.76. The van der Waals surface area contributed by atoms with E-state index in [1.807, 2.05) is 0 Å². The maximum Gasteiger partial charge on any atom is 0.314 e. The Hall–Kier alpha value is -0.890. The molecule has 0 aromatic heterocycles. The second kappa shape index (κ2) is 8.53. The summed E-state index contributed by atoms with van der Waals surface area (Å²) >= 11 is 0. The van der Waals surface area contributed by atoms with Gasteiger partial charge in [-0.25, -0.2) is 4.79 Å². The zero-order valence-electron chi connectivity index (χ0n) is 12.7. The lowest BCUT2D eigenvalue weighted by Gasteiger charge is -2.37. The van der Waals surface area contributed by atoms with Gasteiger partial charge in [0, 0.05) is 44.7 Å². The Kier molecular flexibility index (Phi) is 6.69. The molecule has 0 aromatic rings. The molecule has 0 aromatic carbocycles. The van der Waals surface area contributed by atoms with Gasteiger partial charge in [-0.2, -0.15) is 0 Å². The van der Waals surface area contributed by atoms with Crippen molar-refractivity contribution in [2.24, 2.45) is 5.92 Å². The smallest absolute Gasteiger partial charge is 0.314 e. The Morgan fingerprint density at radius 2 is 1.95 bits per heavy atom. The molecule has 0 radical (unpaired) electrons. The summed E-state index contributed by atoms with van der Waals surface area (Å²) in [5, 5.41) is 14.7. The minimum Gasteiger partial charge on any atom is -0.392 e. The third kappa shape index (κ3) is 5.43. The van der Waals surface area contributed by atoms with E-state index in [-0.39, 0.29) is 18.6 Å². The molecule has 2 saturated heterocycles. The number of aliphatic hydroxyl groups excluding tert-OH is 1. The highest BCUT2D eigenvalue weighted by atomic mass is 16.5. The number of amides is 2. The Balaban J connectivity index is 1.81. The van der Waals surface area contributed by atoms with E-state index < -0.39 is 6.10 Å². The van der Waals surface area contributed by atoms with Crippen molar-refractivity contribution in [3.8, 4) is 0 Å². The number of carbonyl (C=O) groups excluding carboxylic acids is 1. The van der Waals surface area contributed by atoms with Gasteiger partial charge in [-0.1, -0.05) is 0 Å². The Bertz CT molecular complexity index is 315. The lowest BCUT2D eigenvalue weighted by atomic mass is 9.97. The first kappa shape index (κ1) is 16.5. The van der Waals surface area contributed by atoms with Gasteiger partial charge in [-0.15, -0.1) is 0 Å². The van der Waals surface area contributed by atoms with Gasteiger partial charge in [-0.05, 0) is 13.3 Å². The number of hydrogen-bond acceptors (Lipinski definition) is 5. The van der Waals surface area contributed by atoms with Gasteiger partial charge in [0.15, 0.2) is 0 Å². The number of morpholine rings is 1. The number of hydrogen-bond donors (Lipinski definition) is 3. The van der Waals surface area contributed by atoms with Crippen LogP contribution < -0.4 is 10.6 Å². The highest BCUT2D eigenvalue weighted by Crippen LogP contribution is 2.21. The molecule has 3 N–H and O–H groups in total. The van der Waals surface area contributed by atoms with E-state index in [0.717, 1.165) is 45.9 Å². The van der Waals surface area contributed by atoms with Crippen LogP contribution in [-0.2, 0) is 9.47 Å². The third-order valence-corrected chi connectivity index (χ3v) is 4.05. The van der Waals surface area contributed by atoms with Crippen molar-refractivity contribution in [1.29, 1.82) is 0 Å². The molecule has 2 heterocycles. The van der Waals surface area contributed by atoms with Crippen molar-refractivity contribution >= 4 is 6.03 Å². The molecule has 7 nitrogen and oxygen atoms in total. The lowest BCUT2D eigenvalue weighted by Crippen LogP contribution is -2.53. The van der Waals surface area contributed by atoms with Crippen molar-refractivity contribution < 1.29 is 19.4 Å². The van der Waals surface area contributed by atoms with Crippen molar-refractivity contribution in [2.75, 3.05) is 52.6 Å². The first-order chi connectivity index (χ1) is 10.2. The molecule has 0 aliphatic carbocycles. The highest BCUT2D eigenvalue weighted by Gasteiger charge is 2.31. The maximum atomic E-state index is 11.7. The Labute approximate surface area is 126 Å². The summed E-state index contributed by atoms with van der Waals surface area (Å²) in [7, 11) is 0. The van der Waals surface area contributed by atoms with E-state index >= 15 is 0 Å². The molecule has 0 bridgehead atoms. The molecule has 2 rings (SSSR count). The fraction of sp³-hybridized carbons (Fsp3) is 0.929. The molecule has 0 saturated carbocycles. The number of nitrogens with zero attached hydrogens (tertiary/aromatic N) is 1. The predicted molar refractivity (Wildman–Crippen MR) is 78.2 cm³/mol. The number of carbonyl (C=O) groups is 1. The summed E-state index contributed by atoms with van der Waals surface area (Å²) in [6, 6.07) is 0.0572. The predicted octanol–water partition coefficient (Wildman–Crippen LogP) is -0.596. The van der Waals surface area contributed by atoms with Gasteiger partial charge >= 0.3 is 6.03 Å². The number of aliphatic hydroxyl groups is 1. The average Bonchev–Trinajstić information content (AvgIpc) is 3.00. The second-order valence-corrected chi connectivity index (χ2v) is 5.78. The van der Waals surface area contributed by atoms with Crippen LogP contribution in [0.25, 0.3) is 0 Å². The Morgan fingerprint density at radius 1 is 1.24 bits per heavy atom. The molecular weight excluding hydrogens is 274 g/mol. The van der Waals surface area contributed by atoms with E-state index in [4.69, 9.17) is 9.47 Å². The van der Waals surface area contributed by atoms with Gasteiger partial charge in [0.2, 0.25) is 0 Å². The second-order valence-electron chi connectivity index (χ2n) is 5.78. The topological polar surface area (TPSA) is 83.1 Å². The van der Waals surface area contributed by atoms with Crippen LogP contribution in [0.5, 0.6) is 0 Å².